The van der Waals surface area contributed by atoms with Crippen molar-refractivity contribution in [3.8, 4) is 0 Å². The quantitative estimate of drug-likeness (QED) is 0.855. The summed E-state index contributed by atoms with van der Waals surface area (Å²) in [7, 11) is 0. The molecule has 0 saturated heterocycles. The second-order valence-corrected chi connectivity index (χ2v) is 5.04. The number of carbonyl (C=O) groups excluding carboxylic acids is 1. The molecular weight excluding hydrogens is 234 g/mol. The Hall–Kier alpha value is -2.09. The number of rotatable bonds is 2. The summed E-state index contributed by atoms with van der Waals surface area (Å²) >= 11 is 0. The Balaban J connectivity index is 2.31. The van der Waals surface area contributed by atoms with Gasteiger partial charge >= 0.3 is 0 Å². The molecule has 2 aromatic carbocycles. The maximum Gasteiger partial charge on any atom is 0.255 e. The van der Waals surface area contributed by atoms with E-state index >= 15 is 0 Å². The molecule has 2 rings (SSSR count). The van der Waals surface area contributed by atoms with Gasteiger partial charge in [-0.1, -0.05) is 35.9 Å². The Labute approximate surface area is 114 Å². The summed E-state index contributed by atoms with van der Waals surface area (Å²) < 4.78 is 0. The fourth-order valence-electron chi connectivity index (χ4n) is 2.26. The highest BCUT2D eigenvalue weighted by atomic mass is 16.1. The lowest BCUT2D eigenvalue weighted by Crippen LogP contribution is -2.15. The summed E-state index contributed by atoms with van der Waals surface area (Å²) in [5, 5.41) is 3.02. The van der Waals surface area contributed by atoms with E-state index in [1.165, 1.54) is 5.56 Å². The molecule has 0 heterocycles. The number of aryl methyl sites for hydroxylation is 4. The second kappa shape index (κ2) is 5.27. The van der Waals surface area contributed by atoms with E-state index in [1.807, 2.05) is 64.1 Å². The van der Waals surface area contributed by atoms with Crippen molar-refractivity contribution in [2.24, 2.45) is 0 Å². The number of nitrogens with one attached hydrogen (secondary N) is 1. The number of carbonyl (C=O) groups is 1. The van der Waals surface area contributed by atoms with Gasteiger partial charge in [0.25, 0.3) is 5.91 Å². The summed E-state index contributed by atoms with van der Waals surface area (Å²) in [5.41, 5.74) is 5.97. The minimum absolute atomic E-state index is 0.0464. The highest BCUT2D eigenvalue weighted by Crippen LogP contribution is 2.21. The first-order chi connectivity index (χ1) is 8.99. The van der Waals surface area contributed by atoms with Gasteiger partial charge in [-0.3, -0.25) is 4.79 Å². The first kappa shape index (κ1) is 13.3. The molecule has 19 heavy (non-hydrogen) atoms. The summed E-state index contributed by atoms with van der Waals surface area (Å²) in [5.74, 6) is -0.0464. The molecule has 2 heteroatoms. The van der Waals surface area contributed by atoms with Gasteiger partial charge < -0.3 is 5.32 Å². The average molecular weight is 253 g/mol. The van der Waals surface area contributed by atoms with Crippen molar-refractivity contribution < 1.29 is 4.79 Å². The van der Waals surface area contributed by atoms with Gasteiger partial charge in [0.05, 0.1) is 0 Å². The minimum Gasteiger partial charge on any atom is -0.321 e. The average Bonchev–Trinajstić information content (AvgIpc) is 2.33. The Morgan fingerprint density at radius 1 is 0.895 bits per heavy atom. The van der Waals surface area contributed by atoms with Crippen molar-refractivity contribution in [2.75, 3.05) is 5.32 Å². The van der Waals surface area contributed by atoms with Crippen LogP contribution in [0.5, 0.6) is 0 Å². The molecule has 0 aliphatic carbocycles. The molecular formula is C17H19NO. The zero-order chi connectivity index (χ0) is 14.0. The van der Waals surface area contributed by atoms with Gasteiger partial charge in [0.2, 0.25) is 0 Å². The predicted molar refractivity (Wildman–Crippen MR) is 79.8 cm³/mol. The van der Waals surface area contributed by atoms with Crippen LogP contribution in [0, 0.1) is 27.7 Å². The van der Waals surface area contributed by atoms with Crippen molar-refractivity contribution in [1.29, 1.82) is 0 Å². The molecule has 0 radical (unpaired) electrons. The van der Waals surface area contributed by atoms with Gasteiger partial charge in [-0.2, -0.15) is 0 Å². The van der Waals surface area contributed by atoms with Crippen LogP contribution in [-0.2, 0) is 0 Å². The van der Waals surface area contributed by atoms with Crippen LogP contribution in [0.1, 0.15) is 32.6 Å². The largest absolute Gasteiger partial charge is 0.321 e. The number of amides is 1. The molecule has 0 spiro atoms. The molecule has 0 atom stereocenters. The van der Waals surface area contributed by atoms with Crippen LogP contribution in [0.3, 0.4) is 0 Å². The molecule has 2 aromatic rings. The third kappa shape index (κ3) is 2.84. The van der Waals surface area contributed by atoms with E-state index in [-0.39, 0.29) is 5.91 Å². The van der Waals surface area contributed by atoms with Crippen molar-refractivity contribution in [3.63, 3.8) is 0 Å². The number of hydrogen-bond acceptors (Lipinski definition) is 1. The fourth-order valence-corrected chi connectivity index (χ4v) is 2.26. The highest BCUT2D eigenvalue weighted by Gasteiger charge is 2.11. The molecule has 98 valence electrons. The Kier molecular flexibility index (Phi) is 3.70. The topological polar surface area (TPSA) is 29.1 Å². The number of benzene rings is 2. The van der Waals surface area contributed by atoms with Crippen molar-refractivity contribution in [1.82, 2.24) is 0 Å². The minimum atomic E-state index is -0.0464. The molecule has 0 aromatic heterocycles. The van der Waals surface area contributed by atoms with Crippen LogP contribution in [0.4, 0.5) is 5.69 Å². The molecule has 0 aliphatic rings. The van der Waals surface area contributed by atoms with E-state index in [9.17, 15) is 4.79 Å². The Morgan fingerprint density at radius 2 is 1.53 bits per heavy atom. The Bertz CT molecular complexity index is 609. The van der Waals surface area contributed by atoms with Crippen molar-refractivity contribution in [2.45, 2.75) is 27.7 Å². The number of hydrogen-bond donors (Lipinski definition) is 1. The monoisotopic (exact) mass is 253 g/mol. The van der Waals surface area contributed by atoms with E-state index < -0.39 is 0 Å². The zero-order valence-electron chi connectivity index (χ0n) is 11.9. The van der Waals surface area contributed by atoms with Crippen LogP contribution in [0.2, 0.25) is 0 Å². The Morgan fingerprint density at radius 3 is 2.11 bits per heavy atom. The van der Waals surface area contributed by atoms with Crippen LogP contribution in [0.25, 0.3) is 0 Å². The molecule has 0 unspecified atom stereocenters. The van der Waals surface area contributed by atoms with Crippen LogP contribution >= 0.6 is 0 Å². The third-order valence-corrected chi connectivity index (χ3v) is 3.35. The molecule has 0 fully saturated rings. The van der Waals surface area contributed by atoms with Gasteiger partial charge in [0.15, 0.2) is 0 Å². The van der Waals surface area contributed by atoms with Crippen molar-refractivity contribution >= 4 is 11.6 Å². The smallest absolute Gasteiger partial charge is 0.255 e. The summed E-state index contributed by atoms with van der Waals surface area (Å²) in [6.07, 6.45) is 0. The fraction of sp³-hybridized carbons (Fsp3) is 0.235. The van der Waals surface area contributed by atoms with Gasteiger partial charge in [0, 0.05) is 11.3 Å². The van der Waals surface area contributed by atoms with Crippen LogP contribution in [-0.4, -0.2) is 5.91 Å². The van der Waals surface area contributed by atoms with E-state index in [4.69, 9.17) is 0 Å². The number of anilines is 1. The van der Waals surface area contributed by atoms with E-state index in [0.717, 1.165) is 27.9 Å². The highest BCUT2D eigenvalue weighted by molar-refractivity contribution is 6.06. The summed E-state index contributed by atoms with van der Waals surface area (Å²) in [6.45, 7) is 8.00. The second-order valence-electron chi connectivity index (χ2n) is 5.04. The first-order valence-corrected chi connectivity index (χ1v) is 6.44. The van der Waals surface area contributed by atoms with E-state index in [1.54, 1.807) is 0 Å². The van der Waals surface area contributed by atoms with E-state index in [0.29, 0.717) is 0 Å². The van der Waals surface area contributed by atoms with Gasteiger partial charge in [-0.05, 0) is 50.5 Å². The summed E-state index contributed by atoms with van der Waals surface area (Å²) in [6, 6.07) is 11.9. The lowest BCUT2D eigenvalue weighted by atomic mass is 10.0. The van der Waals surface area contributed by atoms with Crippen LogP contribution in [0.15, 0.2) is 36.4 Å². The van der Waals surface area contributed by atoms with Gasteiger partial charge in [-0.25, -0.2) is 0 Å². The lowest BCUT2D eigenvalue weighted by molar-refractivity contribution is 0.102. The summed E-state index contributed by atoms with van der Waals surface area (Å²) in [4.78, 5) is 12.3. The molecule has 0 aliphatic heterocycles. The maximum atomic E-state index is 12.3. The SMILES string of the molecule is Cc1ccc(C(=O)Nc2c(C)cccc2C)c(C)c1. The molecule has 0 bridgehead atoms. The van der Waals surface area contributed by atoms with Gasteiger partial charge in [-0.15, -0.1) is 0 Å². The van der Waals surface area contributed by atoms with Crippen LogP contribution < -0.4 is 5.32 Å². The molecule has 1 N–H and O–H groups in total. The molecule has 1 amide bonds. The van der Waals surface area contributed by atoms with E-state index in [2.05, 4.69) is 5.32 Å². The molecule has 2 nitrogen and oxygen atoms in total. The normalized spacial score (nSPS) is 10.3. The molecule has 0 saturated carbocycles. The lowest BCUT2D eigenvalue weighted by Gasteiger charge is -2.13. The number of para-hydroxylation sites is 1. The zero-order valence-corrected chi connectivity index (χ0v) is 11.9. The predicted octanol–water partition coefficient (Wildman–Crippen LogP) is 4.17. The standard InChI is InChI=1S/C17H19NO/c1-11-8-9-15(14(4)10-11)17(19)18-16-12(2)6-5-7-13(16)3/h5-10H,1-4H3,(H,18,19). The van der Waals surface area contributed by atoms with Gasteiger partial charge in [0.1, 0.15) is 0 Å². The first-order valence-electron chi connectivity index (χ1n) is 6.44. The van der Waals surface area contributed by atoms with Crippen molar-refractivity contribution in [3.05, 3.63) is 64.2 Å². The third-order valence-electron chi connectivity index (χ3n) is 3.35. The maximum absolute atomic E-state index is 12.3.